The van der Waals surface area contributed by atoms with E-state index in [2.05, 4.69) is 9.71 Å². The fourth-order valence-corrected chi connectivity index (χ4v) is 2.43. The zero-order valence-corrected chi connectivity index (χ0v) is 11.7. The first-order valence-corrected chi connectivity index (χ1v) is 7.33. The van der Waals surface area contributed by atoms with E-state index in [4.69, 9.17) is 16.6 Å². The molecule has 0 aliphatic rings. The molecule has 0 saturated heterocycles. The Morgan fingerprint density at radius 3 is 2.19 bits per heavy atom. The van der Waals surface area contributed by atoms with Gasteiger partial charge in [-0.25, -0.2) is 0 Å². The van der Waals surface area contributed by atoms with E-state index in [1.165, 1.54) is 48.5 Å². The molecule has 7 nitrogen and oxygen atoms in total. The molecule has 110 valence electrons. The standard InChI is InChI=1S/C13H14N4O3S/c14-9-1-7-12(8-2-9)21(19,20)17-13(15)16-10-3-5-11(18)6-4-10/h1-8,18H,14H2,(H3,15,16,17). The third-order valence-corrected chi connectivity index (χ3v) is 3.84. The minimum Gasteiger partial charge on any atom is -0.508 e. The van der Waals surface area contributed by atoms with E-state index in [1.807, 2.05) is 0 Å². The lowest BCUT2D eigenvalue weighted by Crippen LogP contribution is -2.24. The number of benzene rings is 2. The molecule has 2 rings (SSSR count). The van der Waals surface area contributed by atoms with Crippen LogP contribution in [-0.4, -0.2) is 19.5 Å². The Bertz CT molecular complexity index is 753. The molecule has 0 aromatic heterocycles. The van der Waals surface area contributed by atoms with Gasteiger partial charge in [0, 0.05) is 11.4 Å². The Morgan fingerprint density at radius 2 is 1.62 bits per heavy atom. The van der Waals surface area contributed by atoms with Gasteiger partial charge in [-0.05, 0) is 48.5 Å². The minimum atomic E-state index is -3.91. The van der Waals surface area contributed by atoms with Crippen molar-refractivity contribution in [2.75, 3.05) is 11.1 Å². The van der Waals surface area contributed by atoms with E-state index in [9.17, 15) is 8.42 Å². The fourth-order valence-electron chi connectivity index (χ4n) is 1.54. The van der Waals surface area contributed by atoms with Crippen LogP contribution in [0.3, 0.4) is 0 Å². The van der Waals surface area contributed by atoms with E-state index in [1.54, 1.807) is 0 Å². The van der Waals surface area contributed by atoms with Crippen molar-refractivity contribution in [3.63, 3.8) is 0 Å². The predicted molar refractivity (Wildman–Crippen MR) is 81.4 cm³/mol. The van der Waals surface area contributed by atoms with Gasteiger partial charge in [0.1, 0.15) is 5.75 Å². The molecule has 0 radical (unpaired) electrons. The SMILES string of the molecule is N/C(=N\S(=O)(=O)c1ccc(N)cc1)Nc1ccc(O)cc1. The Labute approximate surface area is 122 Å². The number of guanidine groups is 1. The number of hydrogen-bond donors (Lipinski definition) is 4. The summed E-state index contributed by atoms with van der Waals surface area (Å²) in [5.74, 6) is -0.192. The fraction of sp³-hybridized carbons (Fsp3) is 0. The Hall–Kier alpha value is -2.74. The third-order valence-electron chi connectivity index (χ3n) is 2.54. The van der Waals surface area contributed by atoms with Crippen LogP contribution in [0.4, 0.5) is 11.4 Å². The van der Waals surface area contributed by atoms with Crippen LogP contribution in [0, 0.1) is 0 Å². The second-order valence-electron chi connectivity index (χ2n) is 4.19. The highest BCUT2D eigenvalue weighted by Gasteiger charge is 2.13. The molecule has 2 aromatic carbocycles. The molecular formula is C13H14N4O3S. The van der Waals surface area contributed by atoms with Crippen molar-refractivity contribution in [1.82, 2.24) is 0 Å². The molecule has 21 heavy (non-hydrogen) atoms. The number of nitrogen functional groups attached to an aromatic ring is 1. The lowest BCUT2D eigenvalue weighted by Gasteiger charge is -2.06. The molecule has 0 bridgehead atoms. The summed E-state index contributed by atoms with van der Waals surface area (Å²) in [5.41, 5.74) is 12.0. The average molecular weight is 306 g/mol. The Morgan fingerprint density at radius 1 is 1.05 bits per heavy atom. The minimum absolute atomic E-state index is 0.00726. The van der Waals surface area contributed by atoms with Crippen LogP contribution < -0.4 is 16.8 Å². The number of aromatic hydroxyl groups is 1. The summed E-state index contributed by atoms with van der Waals surface area (Å²) in [7, 11) is -3.91. The van der Waals surface area contributed by atoms with Crippen molar-refractivity contribution in [2.24, 2.45) is 10.1 Å². The quantitative estimate of drug-likeness (QED) is 0.290. The van der Waals surface area contributed by atoms with Gasteiger partial charge in [-0.2, -0.15) is 8.42 Å². The summed E-state index contributed by atoms with van der Waals surface area (Å²) < 4.78 is 27.5. The number of phenolic OH excluding ortho intramolecular Hbond substituents is 1. The molecule has 6 N–H and O–H groups in total. The van der Waals surface area contributed by atoms with Gasteiger partial charge in [-0.1, -0.05) is 0 Å². The van der Waals surface area contributed by atoms with Gasteiger partial charge in [-0.15, -0.1) is 4.40 Å². The van der Waals surface area contributed by atoms with Gasteiger partial charge in [-0.3, -0.25) is 0 Å². The number of rotatable bonds is 3. The first-order valence-electron chi connectivity index (χ1n) is 5.89. The number of nitrogens with two attached hydrogens (primary N) is 2. The van der Waals surface area contributed by atoms with E-state index in [-0.39, 0.29) is 16.6 Å². The molecule has 0 spiro atoms. The van der Waals surface area contributed by atoms with Gasteiger partial charge in [0.25, 0.3) is 10.0 Å². The van der Waals surface area contributed by atoms with Gasteiger partial charge in [0.15, 0.2) is 0 Å². The first kappa shape index (κ1) is 14.7. The molecule has 0 fully saturated rings. The summed E-state index contributed by atoms with van der Waals surface area (Å²) in [6, 6.07) is 11.6. The maximum absolute atomic E-state index is 12.0. The van der Waals surface area contributed by atoms with Crippen molar-refractivity contribution in [2.45, 2.75) is 4.90 Å². The van der Waals surface area contributed by atoms with Crippen LogP contribution >= 0.6 is 0 Å². The molecule has 0 amide bonds. The summed E-state index contributed by atoms with van der Waals surface area (Å²) in [5, 5.41) is 11.8. The topological polar surface area (TPSA) is 131 Å². The average Bonchev–Trinajstić information content (AvgIpc) is 2.41. The summed E-state index contributed by atoms with van der Waals surface area (Å²) in [6.07, 6.45) is 0. The monoisotopic (exact) mass is 306 g/mol. The number of hydrogen-bond acceptors (Lipinski definition) is 4. The van der Waals surface area contributed by atoms with Crippen molar-refractivity contribution in [3.05, 3.63) is 48.5 Å². The molecule has 0 atom stereocenters. The van der Waals surface area contributed by atoms with Crippen molar-refractivity contribution in [3.8, 4) is 5.75 Å². The molecule has 0 unspecified atom stereocenters. The number of phenols is 1. The van der Waals surface area contributed by atoms with Crippen LogP contribution in [0.1, 0.15) is 0 Å². The highest BCUT2D eigenvalue weighted by atomic mass is 32.2. The van der Waals surface area contributed by atoms with Crippen molar-refractivity contribution in [1.29, 1.82) is 0 Å². The van der Waals surface area contributed by atoms with Gasteiger partial charge in [0.05, 0.1) is 4.90 Å². The van der Waals surface area contributed by atoms with Gasteiger partial charge >= 0.3 is 0 Å². The second kappa shape index (κ2) is 5.71. The van der Waals surface area contributed by atoms with Crippen LogP contribution in [0.5, 0.6) is 5.75 Å². The van der Waals surface area contributed by atoms with Crippen molar-refractivity contribution < 1.29 is 13.5 Å². The maximum Gasteiger partial charge on any atom is 0.285 e. The number of anilines is 2. The summed E-state index contributed by atoms with van der Waals surface area (Å²) >= 11 is 0. The molecule has 0 aliphatic heterocycles. The number of sulfonamides is 1. The third kappa shape index (κ3) is 3.86. The lowest BCUT2D eigenvalue weighted by atomic mass is 10.3. The maximum atomic E-state index is 12.0. The zero-order chi connectivity index (χ0) is 15.5. The molecular weight excluding hydrogens is 292 g/mol. The van der Waals surface area contributed by atoms with E-state index >= 15 is 0 Å². The smallest absolute Gasteiger partial charge is 0.285 e. The normalized spacial score (nSPS) is 12.1. The number of nitrogens with zero attached hydrogens (tertiary/aromatic N) is 1. The predicted octanol–water partition coefficient (Wildman–Crippen LogP) is 1.09. The van der Waals surface area contributed by atoms with Crippen molar-refractivity contribution >= 4 is 27.4 Å². The molecule has 0 saturated carbocycles. The highest BCUT2D eigenvalue weighted by Crippen LogP contribution is 2.16. The van der Waals surface area contributed by atoms with Crippen LogP contribution in [0.2, 0.25) is 0 Å². The van der Waals surface area contributed by atoms with E-state index < -0.39 is 10.0 Å². The van der Waals surface area contributed by atoms with Crippen LogP contribution in [0.15, 0.2) is 57.8 Å². The Balaban J connectivity index is 2.20. The van der Waals surface area contributed by atoms with Gasteiger partial charge < -0.3 is 21.9 Å². The first-order chi connectivity index (χ1) is 9.87. The number of nitrogens with one attached hydrogen (secondary N) is 1. The Kier molecular flexibility index (Phi) is 3.99. The van der Waals surface area contributed by atoms with Crippen LogP contribution in [-0.2, 0) is 10.0 Å². The second-order valence-corrected chi connectivity index (χ2v) is 5.80. The molecule has 0 aliphatic carbocycles. The summed E-state index contributed by atoms with van der Waals surface area (Å²) in [6.45, 7) is 0. The van der Waals surface area contributed by atoms with E-state index in [0.29, 0.717) is 11.4 Å². The van der Waals surface area contributed by atoms with Gasteiger partial charge in [0.2, 0.25) is 5.96 Å². The largest absolute Gasteiger partial charge is 0.508 e. The molecule has 2 aromatic rings. The highest BCUT2D eigenvalue weighted by molar-refractivity contribution is 7.90. The zero-order valence-electron chi connectivity index (χ0n) is 10.9. The summed E-state index contributed by atoms with van der Waals surface area (Å²) in [4.78, 5) is -0.00726. The molecule has 0 heterocycles. The lowest BCUT2D eigenvalue weighted by molar-refractivity contribution is 0.475. The molecule has 8 heteroatoms. The van der Waals surface area contributed by atoms with Crippen LogP contribution in [0.25, 0.3) is 0 Å². The van der Waals surface area contributed by atoms with E-state index in [0.717, 1.165) is 0 Å².